The van der Waals surface area contributed by atoms with Gasteiger partial charge in [-0.05, 0) is 70.2 Å². The number of methoxy groups -OCH3 is 1. The van der Waals surface area contributed by atoms with Crippen LogP contribution in [0.3, 0.4) is 0 Å². The second-order valence-corrected chi connectivity index (χ2v) is 13.6. The standard InChI is InChI=1S/C23H29ClN4O4S3/c1-26(2)11-4-12-28(23-25-18-6-5-17(32-3)15-19(18)33-23)22(29)16-9-13-27(14-10-16)35(30,31)21-8-7-20(24)34-21/h5-8,15-16H,4,9-14H2,1-3H3. The highest BCUT2D eigenvalue weighted by molar-refractivity contribution is 7.91. The number of halogens is 1. The van der Waals surface area contributed by atoms with Crippen molar-refractivity contribution in [3.63, 3.8) is 0 Å². The zero-order valence-corrected chi connectivity index (χ0v) is 23.1. The lowest BCUT2D eigenvalue weighted by molar-refractivity contribution is -0.123. The number of ether oxygens (including phenoxy) is 1. The van der Waals surface area contributed by atoms with E-state index in [0.717, 1.165) is 40.3 Å². The Hall–Kier alpha value is -1.76. The number of hydrogen-bond donors (Lipinski definition) is 0. The number of thiazole rings is 1. The first-order valence-electron chi connectivity index (χ1n) is 11.3. The van der Waals surface area contributed by atoms with E-state index in [0.29, 0.717) is 41.9 Å². The van der Waals surface area contributed by atoms with E-state index in [2.05, 4.69) is 4.90 Å². The number of aromatic nitrogens is 1. The number of rotatable bonds is 9. The smallest absolute Gasteiger partial charge is 0.252 e. The Labute approximate surface area is 219 Å². The van der Waals surface area contributed by atoms with Crippen molar-refractivity contribution in [2.45, 2.75) is 23.5 Å². The van der Waals surface area contributed by atoms with Crippen LogP contribution < -0.4 is 9.64 Å². The summed E-state index contributed by atoms with van der Waals surface area (Å²) in [5.74, 6) is 0.499. The normalized spacial score (nSPS) is 15.7. The molecule has 1 amide bonds. The summed E-state index contributed by atoms with van der Waals surface area (Å²) < 4.78 is 34.3. The van der Waals surface area contributed by atoms with Gasteiger partial charge in [0.25, 0.3) is 10.0 Å². The zero-order valence-electron chi connectivity index (χ0n) is 19.9. The average molecular weight is 557 g/mol. The predicted octanol–water partition coefficient (Wildman–Crippen LogP) is 4.41. The van der Waals surface area contributed by atoms with Gasteiger partial charge in [-0.1, -0.05) is 22.9 Å². The van der Waals surface area contributed by atoms with Gasteiger partial charge in [0.2, 0.25) is 5.91 Å². The third-order valence-corrected chi connectivity index (χ3v) is 10.7. The molecule has 3 aromatic rings. The summed E-state index contributed by atoms with van der Waals surface area (Å²) in [7, 11) is 2.04. The Balaban J connectivity index is 1.50. The van der Waals surface area contributed by atoms with Gasteiger partial charge in [0.1, 0.15) is 9.96 Å². The molecule has 0 unspecified atom stereocenters. The Morgan fingerprint density at radius 2 is 1.91 bits per heavy atom. The molecule has 35 heavy (non-hydrogen) atoms. The lowest BCUT2D eigenvalue weighted by Gasteiger charge is -2.32. The van der Waals surface area contributed by atoms with Gasteiger partial charge < -0.3 is 9.64 Å². The third kappa shape index (κ3) is 5.98. The molecule has 0 radical (unpaired) electrons. The number of thiophene rings is 1. The van der Waals surface area contributed by atoms with Crippen LogP contribution in [0.2, 0.25) is 4.34 Å². The lowest BCUT2D eigenvalue weighted by Crippen LogP contribution is -2.45. The molecular weight excluding hydrogens is 528 g/mol. The Bertz CT molecular complexity index is 1280. The molecule has 0 N–H and O–H groups in total. The topological polar surface area (TPSA) is 83.1 Å². The highest BCUT2D eigenvalue weighted by atomic mass is 35.5. The van der Waals surface area contributed by atoms with Crippen molar-refractivity contribution in [3.05, 3.63) is 34.7 Å². The van der Waals surface area contributed by atoms with Crippen LogP contribution in [-0.2, 0) is 14.8 Å². The molecule has 0 atom stereocenters. The molecule has 0 spiro atoms. The highest BCUT2D eigenvalue weighted by Crippen LogP contribution is 2.34. The quantitative estimate of drug-likeness (QED) is 0.388. The second kappa shape index (κ2) is 11.1. The predicted molar refractivity (Wildman–Crippen MR) is 143 cm³/mol. The number of anilines is 1. The molecule has 12 heteroatoms. The van der Waals surface area contributed by atoms with Crippen molar-refractivity contribution < 1.29 is 17.9 Å². The fourth-order valence-electron chi connectivity index (χ4n) is 4.11. The minimum atomic E-state index is -3.60. The molecule has 4 rings (SSSR count). The summed E-state index contributed by atoms with van der Waals surface area (Å²) in [6, 6.07) is 8.82. The highest BCUT2D eigenvalue weighted by Gasteiger charge is 2.35. The zero-order chi connectivity index (χ0) is 25.2. The van der Waals surface area contributed by atoms with Gasteiger partial charge in [-0.2, -0.15) is 4.31 Å². The lowest BCUT2D eigenvalue weighted by atomic mass is 9.96. The third-order valence-electron chi connectivity index (χ3n) is 6.01. The van der Waals surface area contributed by atoms with E-state index in [1.807, 2.05) is 32.3 Å². The van der Waals surface area contributed by atoms with E-state index >= 15 is 0 Å². The van der Waals surface area contributed by atoms with Crippen LogP contribution in [0.4, 0.5) is 5.13 Å². The first kappa shape index (κ1) is 26.3. The van der Waals surface area contributed by atoms with Crippen molar-refractivity contribution in [2.75, 3.05) is 52.3 Å². The fraction of sp³-hybridized carbons (Fsp3) is 0.478. The molecule has 1 fully saturated rings. The number of piperidine rings is 1. The Morgan fingerprint density at radius 3 is 2.54 bits per heavy atom. The van der Waals surface area contributed by atoms with Gasteiger partial charge >= 0.3 is 0 Å². The number of fused-ring (bicyclic) bond motifs is 1. The SMILES string of the molecule is COc1ccc2nc(N(CCCN(C)C)C(=O)C3CCN(S(=O)(=O)c4ccc(Cl)s4)CC3)sc2c1. The van der Waals surface area contributed by atoms with Crippen molar-refractivity contribution >= 4 is 65.6 Å². The van der Waals surface area contributed by atoms with Gasteiger partial charge in [0.05, 0.1) is 21.7 Å². The van der Waals surface area contributed by atoms with Crippen LogP contribution in [0.5, 0.6) is 5.75 Å². The van der Waals surface area contributed by atoms with Crippen LogP contribution in [-0.4, -0.2) is 75.9 Å². The van der Waals surface area contributed by atoms with Gasteiger partial charge in [-0.25, -0.2) is 13.4 Å². The minimum Gasteiger partial charge on any atom is -0.497 e. The van der Waals surface area contributed by atoms with Gasteiger partial charge in [0.15, 0.2) is 5.13 Å². The summed E-state index contributed by atoms with van der Waals surface area (Å²) in [5.41, 5.74) is 0.826. The molecular formula is C23H29ClN4O4S3. The maximum Gasteiger partial charge on any atom is 0.252 e. The average Bonchev–Trinajstić information content (AvgIpc) is 3.47. The van der Waals surface area contributed by atoms with E-state index in [4.69, 9.17) is 21.3 Å². The van der Waals surface area contributed by atoms with Crippen LogP contribution in [0.1, 0.15) is 19.3 Å². The second-order valence-electron chi connectivity index (χ2n) is 8.71. The largest absolute Gasteiger partial charge is 0.497 e. The van der Waals surface area contributed by atoms with E-state index in [9.17, 15) is 13.2 Å². The summed E-state index contributed by atoms with van der Waals surface area (Å²) in [6.07, 6.45) is 1.75. The molecule has 190 valence electrons. The number of amides is 1. The molecule has 0 bridgehead atoms. The number of hydrogen-bond acceptors (Lipinski definition) is 8. The van der Waals surface area contributed by atoms with Crippen molar-refractivity contribution in [3.8, 4) is 5.75 Å². The van der Waals surface area contributed by atoms with E-state index in [-0.39, 0.29) is 16.0 Å². The number of benzene rings is 1. The summed E-state index contributed by atoms with van der Waals surface area (Å²) >= 11 is 8.47. The van der Waals surface area contributed by atoms with E-state index in [1.165, 1.54) is 21.7 Å². The van der Waals surface area contributed by atoms with E-state index < -0.39 is 10.0 Å². The summed E-state index contributed by atoms with van der Waals surface area (Å²) in [6.45, 7) is 2.01. The molecule has 0 aliphatic carbocycles. The summed E-state index contributed by atoms with van der Waals surface area (Å²) in [4.78, 5) is 22.3. The Kier molecular flexibility index (Phi) is 8.34. The van der Waals surface area contributed by atoms with E-state index in [1.54, 1.807) is 18.1 Å². The maximum absolute atomic E-state index is 13.7. The molecule has 1 saturated heterocycles. The maximum atomic E-state index is 13.7. The molecule has 1 aliphatic rings. The van der Waals surface area contributed by atoms with Crippen LogP contribution in [0.25, 0.3) is 10.2 Å². The van der Waals surface area contributed by atoms with Gasteiger partial charge in [-0.3, -0.25) is 9.69 Å². The number of carbonyl (C=O) groups is 1. The Morgan fingerprint density at radius 1 is 1.17 bits per heavy atom. The number of sulfonamides is 1. The molecule has 2 aromatic heterocycles. The molecule has 1 aromatic carbocycles. The van der Waals surface area contributed by atoms with Crippen molar-refractivity contribution in [1.29, 1.82) is 0 Å². The molecule has 1 aliphatic heterocycles. The van der Waals surface area contributed by atoms with Crippen LogP contribution >= 0.6 is 34.3 Å². The van der Waals surface area contributed by atoms with Crippen molar-refractivity contribution in [2.24, 2.45) is 5.92 Å². The molecule has 8 nitrogen and oxygen atoms in total. The van der Waals surface area contributed by atoms with Gasteiger partial charge in [0, 0.05) is 25.6 Å². The fourth-order valence-corrected chi connectivity index (χ4v) is 8.24. The van der Waals surface area contributed by atoms with Crippen LogP contribution in [0.15, 0.2) is 34.5 Å². The minimum absolute atomic E-state index is 0.00555. The summed E-state index contributed by atoms with van der Waals surface area (Å²) in [5, 5.41) is 0.667. The van der Waals surface area contributed by atoms with Crippen molar-refractivity contribution in [1.82, 2.24) is 14.2 Å². The van der Waals surface area contributed by atoms with Crippen LogP contribution in [0, 0.1) is 5.92 Å². The number of carbonyl (C=O) groups excluding carboxylic acids is 1. The van der Waals surface area contributed by atoms with Gasteiger partial charge in [-0.15, -0.1) is 11.3 Å². The first-order chi connectivity index (χ1) is 16.7. The first-order valence-corrected chi connectivity index (χ1v) is 14.8. The number of nitrogens with zero attached hydrogens (tertiary/aromatic N) is 4. The monoisotopic (exact) mass is 556 g/mol. The molecule has 0 saturated carbocycles. The molecule has 3 heterocycles.